The second kappa shape index (κ2) is 7.02. The highest BCUT2D eigenvalue weighted by atomic mass is 79.9. The zero-order valence-electron chi connectivity index (χ0n) is 12.2. The summed E-state index contributed by atoms with van der Waals surface area (Å²) in [6, 6.07) is 12.1. The predicted octanol–water partition coefficient (Wildman–Crippen LogP) is 3.83. The van der Waals surface area contributed by atoms with Gasteiger partial charge in [0.15, 0.2) is 6.61 Å². The van der Waals surface area contributed by atoms with Gasteiger partial charge in [0.05, 0.1) is 11.1 Å². The highest BCUT2D eigenvalue weighted by molar-refractivity contribution is 9.10. The van der Waals surface area contributed by atoms with E-state index in [1.807, 2.05) is 24.3 Å². The summed E-state index contributed by atoms with van der Waals surface area (Å²) in [5, 5.41) is 8.32. The quantitative estimate of drug-likeness (QED) is 0.693. The number of hydrogen-bond donors (Lipinski definition) is 1. The zero-order chi connectivity index (χ0) is 17.1. The van der Waals surface area contributed by atoms with Gasteiger partial charge in [-0.1, -0.05) is 23.7 Å². The molecule has 0 saturated carbocycles. The first kappa shape index (κ1) is 16.5. The van der Waals surface area contributed by atoms with Crippen LogP contribution in [0.2, 0.25) is 5.02 Å². The van der Waals surface area contributed by atoms with Gasteiger partial charge < -0.3 is 14.9 Å². The third-order valence-electron chi connectivity index (χ3n) is 3.13. The Morgan fingerprint density at radius 3 is 2.79 bits per heavy atom. The van der Waals surface area contributed by atoms with Crippen molar-refractivity contribution >= 4 is 33.4 Å². The Balaban J connectivity index is 1.77. The molecule has 0 aliphatic carbocycles. The summed E-state index contributed by atoms with van der Waals surface area (Å²) in [6.45, 7) is -0.000630. The van der Waals surface area contributed by atoms with Gasteiger partial charge in [-0.05, 0) is 46.3 Å². The molecule has 1 aromatic heterocycles. The van der Waals surface area contributed by atoms with Crippen molar-refractivity contribution in [2.24, 2.45) is 5.73 Å². The van der Waals surface area contributed by atoms with Crippen LogP contribution < -0.4 is 10.5 Å². The lowest BCUT2D eigenvalue weighted by Crippen LogP contribution is -2.13. The fraction of sp³-hybridized carbons (Fsp3) is 0.0625. The van der Waals surface area contributed by atoms with Crippen LogP contribution >= 0.6 is 27.5 Å². The Bertz CT molecular complexity index is 898. The molecule has 0 spiro atoms. The maximum Gasteiger partial charge on any atom is 0.254 e. The van der Waals surface area contributed by atoms with Crippen LogP contribution in [0.15, 0.2) is 51.4 Å². The molecule has 3 rings (SSSR count). The number of carbonyl (C=O) groups is 1. The van der Waals surface area contributed by atoms with Crippen molar-refractivity contribution in [2.75, 3.05) is 0 Å². The fourth-order valence-electron chi connectivity index (χ4n) is 2.02. The van der Waals surface area contributed by atoms with Crippen LogP contribution in [-0.4, -0.2) is 16.1 Å². The van der Waals surface area contributed by atoms with Crippen molar-refractivity contribution in [3.63, 3.8) is 0 Å². The molecule has 0 radical (unpaired) electrons. The van der Waals surface area contributed by atoms with Crippen molar-refractivity contribution in [3.8, 4) is 17.2 Å². The summed E-state index contributed by atoms with van der Waals surface area (Å²) in [5.41, 5.74) is 6.28. The van der Waals surface area contributed by atoms with Crippen LogP contribution in [-0.2, 0) is 6.61 Å². The van der Waals surface area contributed by atoms with Gasteiger partial charge in [-0.15, -0.1) is 10.2 Å². The molecule has 1 amide bonds. The van der Waals surface area contributed by atoms with E-state index in [1.165, 1.54) is 6.07 Å². The Kier molecular flexibility index (Phi) is 4.82. The summed E-state index contributed by atoms with van der Waals surface area (Å²) in [6.07, 6.45) is 0. The number of amides is 1. The van der Waals surface area contributed by atoms with Crippen molar-refractivity contribution in [2.45, 2.75) is 6.61 Å². The van der Waals surface area contributed by atoms with E-state index < -0.39 is 5.91 Å². The van der Waals surface area contributed by atoms with Crippen LogP contribution in [0.5, 0.6) is 5.75 Å². The van der Waals surface area contributed by atoms with Gasteiger partial charge in [0.2, 0.25) is 5.89 Å². The van der Waals surface area contributed by atoms with Crippen LogP contribution in [0.3, 0.4) is 0 Å². The second-order valence-electron chi connectivity index (χ2n) is 4.77. The maximum absolute atomic E-state index is 11.4. The Hall–Kier alpha value is -2.38. The number of benzene rings is 2. The summed E-state index contributed by atoms with van der Waals surface area (Å²) in [7, 11) is 0. The Labute approximate surface area is 150 Å². The SMILES string of the molecule is NC(=O)c1cc(Cl)ccc1OCc1nnc(-c2ccccc2Br)o1. The Morgan fingerprint density at radius 1 is 1.25 bits per heavy atom. The average molecular weight is 409 g/mol. The van der Waals surface area contributed by atoms with Crippen molar-refractivity contribution in [1.82, 2.24) is 10.2 Å². The number of nitrogens with two attached hydrogens (primary N) is 1. The summed E-state index contributed by atoms with van der Waals surface area (Å²) in [4.78, 5) is 11.4. The molecule has 2 aromatic carbocycles. The number of primary amides is 1. The molecule has 2 N–H and O–H groups in total. The average Bonchev–Trinajstić information content (AvgIpc) is 3.02. The van der Waals surface area contributed by atoms with Gasteiger partial charge in [0, 0.05) is 9.50 Å². The first-order valence-corrected chi connectivity index (χ1v) is 8.01. The molecule has 0 unspecified atom stereocenters. The summed E-state index contributed by atoms with van der Waals surface area (Å²) in [5.74, 6) is 0.304. The fourth-order valence-corrected chi connectivity index (χ4v) is 2.64. The van der Waals surface area contributed by atoms with E-state index in [2.05, 4.69) is 26.1 Å². The number of ether oxygens (including phenoxy) is 1. The minimum atomic E-state index is -0.632. The van der Waals surface area contributed by atoms with Gasteiger partial charge in [-0.3, -0.25) is 4.79 Å². The molecule has 0 fully saturated rings. The van der Waals surface area contributed by atoms with E-state index in [0.717, 1.165) is 10.0 Å². The largest absolute Gasteiger partial charge is 0.483 e. The molecule has 122 valence electrons. The lowest BCUT2D eigenvalue weighted by molar-refractivity contribution is 0.0995. The van der Waals surface area contributed by atoms with E-state index in [9.17, 15) is 4.79 Å². The molecule has 24 heavy (non-hydrogen) atoms. The second-order valence-corrected chi connectivity index (χ2v) is 6.06. The minimum Gasteiger partial charge on any atom is -0.483 e. The van der Waals surface area contributed by atoms with E-state index in [4.69, 9.17) is 26.5 Å². The molecule has 0 aliphatic heterocycles. The van der Waals surface area contributed by atoms with Crippen LogP contribution in [0.1, 0.15) is 16.2 Å². The summed E-state index contributed by atoms with van der Waals surface area (Å²) >= 11 is 9.28. The van der Waals surface area contributed by atoms with E-state index >= 15 is 0 Å². The highest BCUT2D eigenvalue weighted by Crippen LogP contribution is 2.27. The molecule has 0 atom stereocenters. The number of nitrogens with zero attached hydrogens (tertiary/aromatic N) is 2. The van der Waals surface area contributed by atoms with E-state index in [1.54, 1.807) is 12.1 Å². The third kappa shape index (κ3) is 3.58. The topological polar surface area (TPSA) is 91.2 Å². The molecule has 6 nitrogen and oxygen atoms in total. The molecule has 3 aromatic rings. The molecular weight excluding hydrogens is 398 g/mol. The van der Waals surface area contributed by atoms with Crippen molar-refractivity contribution in [1.29, 1.82) is 0 Å². The molecule has 0 saturated heterocycles. The van der Waals surface area contributed by atoms with Crippen LogP contribution in [0.4, 0.5) is 0 Å². The first-order chi connectivity index (χ1) is 11.5. The molecular formula is C16H11BrClN3O3. The van der Waals surface area contributed by atoms with Gasteiger partial charge in [-0.25, -0.2) is 0 Å². The number of rotatable bonds is 5. The number of carbonyl (C=O) groups excluding carboxylic acids is 1. The monoisotopic (exact) mass is 407 g/mol. The maximum atomic E-state index is 11.4. The lowest BCUT2D eigenvalue weighted by atomic mass is 10.2. The highest BCUT2D eigenvalue weighted by Gasteiger charge is 2.14. The van der Waals surface area contributed by atoms with E-state index in [0.29, 0.717) is 16.7 Å². The smallest absolute Gasteiger partial charge is 0.254 e. The lowest BCUT2D eigenvalue weighted by Gasteiger charge is -2.07. The number of hydrogen-bond acceptors (Lipinski definition) is 5. The standard InChI is InChI=1S/C16H11BrClN3O3/c17-12-4-2-1-3-10(12)16-21-20-14(24-16)8-23-13-6-5-9(18)7-11(13)15(19)22/h1-7H,8H2,(H2,19,22). The van der Waals surface area contributed by atoms with E-state index in [-0.39, 0.29) is 18.1 Å². The molecule has 1 heterocycles. The van der Waals surface area contributed by atoms with Crippen LogP contribution in [0.25, 0.3) is 11.5 Å². The number of halogens is 2. The van der Waals surface area contributed by atoms with Gasteiger partial charge in [-0.2, -0.15) is 0 Å². The first-order valence-electron chi connectivity index (χ1n) is 6.84. The normalized spacial score (nSPS) is 10.6. The minimum absolute atomic E-state index is 0.000630. The van der Waals surface area contributed by atoms with Gasteiger partial charge in [0.25, 0.3) is 11.8 Å². The van der Waals surface area contributed by atoms with Gasteiger partial charge >= 0.3 is 0 Å². The zero-order valence-corrected chi connectivity index (χ0v) is 14.5. The third-order valence-corrected chi connectivity index (χ3v) is 4.06. The molecule has 0 bridgehead atoms. The molecule has 8 heteroatoms. The van der Waals surface area contributed by atoms with Crippen molar-refractivity contribution in [3.05, 3.63) is 63.4 Å². The van der Waals surface area contributed by atoms with Gasteiger partial charge in [0.1, 0.15) is 5.75 Å². The van der Waals surface area contributed by atoms with Crippen LogP contribution in [0, 0.1) is 0 Å². The molecule has 0 aliphatic rings. The Morgan fingerprint density at radius 2 is 2.04 bits per heavy atom. The predicted molar refractivity (Wildman–Crippen MR) is 91.7 cm³/mol. The van der Waals surface area contributed by atoms with Crippen molar-refractivity contribution < 1.29 is 13.9 Å². The summed E-state index contributed by atoms with van der Waals surface area (Å²) < 4.78 is 12.0. The number of aromatic nitrogens is 2.